The highest BCUT2D eigenvalue weighted by Crippen LogP contribution is 2.22. The van der Waals surface area contributed by atoms with Crippen molar-refractivity contribution in [3.05, 3.63) is 83.8 Å². The first-order valence-electron chi connectivity index (χ1n) is 8.33. The van der Waals surface area contributed by atoms with Gasteiger partial charge in [0.2, 0.25) is 0 Å². The molecule has 0 saturated heterocycles. The number of nitrogens with one attached hydrogen (secondary N) is 1. The topological polar surface area (TPSA) is 94.1 Å². The predicted molar refractivity (Wildman–Crippen MR) is 103 cm³/mol. The number of phenolic OH excluding ortho intramolecular Hbond substituents is 1. The number of aliphatic imine (C=N–C) groups is 1. The molecular formula is C20H22N4O2. The third kappa shape index (κ3) is 4.23. The number of nitrogens with two attached hydrogens (primary N) is 1. The first kappa shape index (κ1) is 17.6. The summed E-state index contributed by atoms with van der Waals surface area (Å²) in [5.41, 5.74) is 9.54. The Morgan fingerprint density at radius 3 is 2.46 bits per heavy atom. The first-order valence-corrected chi connectivity index (χ1v) is 8.33. The van der Waals surface area contributed by atoms with E-state index in [1.807, 2.05) is 53.7 Å². The molecule has 1 aliphatic rings. The zero-order valence-corrected chi connectivity index (χ0v) is 14.3. The summed E-state index contributed by atoms with van der Waals surface area (Å²) < 4.78 is 0. The lowest BCUT2D eigenvalue weighted by Crippen LogP contribution is -2.36. The zero-order valence-electron chi connectivity index (χ0n) is 14.3. The Labute approximate surface area is 152 Å². The number of aliphatic hydroxyl groups excluding tert-OH is 1. The van der Waals surface area contributed by atoms with E-state index in [0.717, 1.165) is 28.2 Å². The van der Waals surface area contributed by atoms with Crippen LogP contribution in [0.4, 0.5) is 0 Å². The van der Waals surface area contributed by atoms with Gasteiger partial charge in [-0.05, 0) is 41.0 Å². The monoisotopic (exact) mass is 350 g/mol. The average molecular weight is 350 g/mol. The van der Waals surface area contributed by atoms with Gasteiger partial charge in [0.1, 0.15) is 11.6 Å². The average Bonchev–Trinajstić information content (AvgIpc) is 2.69. The molecule has 0 amide bonds. The van der Waals surface area contributed by atoms with Crippen molar-refractivity contribution in [3.63, 3.8) is 0 Å². The third-order valence-corrected chi connectivity index (χ3v) is 4.11. The van der Waals surface area contributed by atoms with Crippen molar-refractivity contribution in [2.45, 2.75) is 13.2 Å². The van der Waals surface area contributed by atoms with Crippen LogP contribution in [0.25, 0.3) is 5.70 Å². The molecule has 5 N–H and O–H groups in total. The van der Waals surface area contributed by atoms with Crippen LogP contribution in [0.3, 0.4) is 0 Å². The highest BCUT2D eigenvalue weighted by atomic mass is 16.3. The number of nitrogens with zero attached hydrogens (tertiary/aromatic N) is 2. The Balaban J connectivity index is 1.70. The van der Waals surface area contributed by atoms with Gasteiger partial charge in [-0.2, -0.15) is 0 Å². The van der Waals surface area contributed by atoms with Crippen LogP contribution in [-0.4, -0.2) is 27.5 Å². The lowest BCUT2D eigenvalue weighted by molar-refractivity contribution is 0.282. The minimum Gasteiger partial charge on any atom is -0.508 e. The number of hydrogen-bond donors (Lipinski definition) is 4. The summed E-state index contributed by atoms with van der Waals surface area (Å²) in [5, 5.41) is 21.7. The predicted octanol–water partition coefficient (Wildman–Crippen LogP) is 2.12. The molecule has 6 heteroatoms. The van der Waals surface area contributed by atoms with Gasteiger partial charge < -0.3 is 26.2 Å². The van der Waals surface area contributed by atoms with E-state index in [9.17, 15) is 5.11 Å². The van der Waals surface area contributed by atoms with Crippen LogP contribution in [0.1, 0.15) is 16.7 Å². The summed E-state index contributed by atoms with van der Waals surface area (Å²) in [6, 6.07) is 14.6. The minimum absolute atomic E-state index is 0.0432. The van der Waals surface area contributed by atoms with Crippen molar-refractivity contribution < 1.29 is 10.2 Å². The largest absolute Gasteiger partial charge is 0.508 e. The van der Waals surface area contributed by atoms with E-state index in [2.05, 4.69) is 10.3 Å². The molecule has 0 radical (unpaired) electrons. The van der Waals surface area contributed by atoms with E-state index in [1.165, 1.54) is 0 Å². The number of phenols is 1. The molecule has 0 aromatic heterocycles. The number of amidine groups is 1. The summed E-state index contributed by atoms with van der Waals surface area (Å²) in [5.74, 6) is 1.05. The van der Waals surface area contributed by atoms with Crippen LogP contribution in [0.15, 0.2) is 72.1 Å². The fourth-order valence-electron chi connectivity index (χ4n) is 2.67. The molecule has 0 aliphatic carbocycles. The SMILES string of the molecule is N/C=C(/c1ccc(O)cc1)N1C=CNC(=NCc2ccc(CO)cc2)C1. The van der Waals surface area contributed by atoms with Gasteiger partial charge >= 0.3 is 0 Å². The zero-order chi connectivity index (χ0) is 18.4. The second kappa shape index (κ2) is 8.22. The maximum absolute atomic E-state index is 9.45. The molecular weight excluding hydrogens is 328 g/mol. The summed E-state index contributed by atoms with van der Waals surface area (Å²) in [6.07, 6.45) is 5.27. The van der Waals surface area contributed by atoms with Crippen LogP contribution in [0, 0.1) is 0 Å². The molecule has 0 fully saturated rings. The van der Waals surface area contributed by atoms with E-state index in [4.69, 9.17) is 10.8 Å². The molecule has 26 heavy (non-hydrogen) atoms. The van der Waals surface area contributed by atoms with Crippen LogP contribution in [0.2, 0.25) is 0 Å². The standard InChI is InChI=1S/C20H22N4O2/c21-11-19(17-5-7-18(26)8-6-17)24-10-9-22-20(13-24)23-12-15-1-3-16(14-25)4-2-15/h1-11,25-26H,12-14,21H2,(H,22,23)/b19-11-. The minimum atomic E-state index is 0.0432. The van der Waals surface area contributed by atoms with Crippen molar-refractivity contribution in [2.24, 2.45) is 10.7 Å². The van der Waals surface area contributed by atoms with Crippen molar-refractivity contribution in [1.82, 2.24) is 10.2 Å². The Kier molecular flexibility index (Phi) is 5.56. The molecule has 2 aromatic carbocycles. The van der Waals surface area contributed by atoms with Crippen molar-refractivity contribution >= 4 is 11.5 Å². The van der Waals surface area contributed by atoms with E-state index in [-0.39, 0.29) is 12.4 Å². The maximum Gasteiger partial charge on any atom is 0.121 e. The van der Waals surface area contributed by atoms with Gasteiger partial charge in [0, 0.05) is 18.6 Å². The Hall–Kier alpha value is -3.25. The van der Waals surface area contributed by atoms with Crippen molar-refractivity contribution in [2.75, 3.05) is 6.54 Å². The van der Waals surface area contributed by atoms with E-state index < -0.39 is 0 Å². The van der Waals surface area contributed by atoms with Crippen molar-refractivity contribution in [1.29, 1.82) is 0 Å². The highest BCUT2D eigenvalue weighted by molar-refractivity contribution is 5.87. The fraction of sp³-hybridized carbons (Fsp3) is 0.150. The van der Waals surface area contributed by atoms with Gasteiger partial charge in [-0.15, -0.1) is 0 Å². The third-order valence-electron chi connectivity index (χ3n) is 4.11. The first-order chi connectivity index (χ1) is 12.7. The summed E-state index contributed by atoms with van der Waals surface area (Å²) >= 11 is 0. The lowest BCUT2D eigenvalue weighted by Gasteiger charge is -2.27. The highest BCUT2D eigenvalue weighted by Gasteiger charge is 2.15. The Bertz CT molecular complexity index is 824. The molecule has 0 spiro atoms. The van der Waals surface area contributed by atoms with Gasteiger partial charge in [0.25, 0.3) is 0 Å². The van der Waals surface area contributed by atoms with Gasteiger partial charge in [-0.1, -0.05) is 24.3 Å². The van der Waals surface area contributed by atoms with Gasteiger partial charge in [0.05, 0.1) is 25.4 Å². The number of hydrogen-bond acceptors (Lipinski definition) is 5. The van der Waals surface area contributed by atoms with E-state index >= 15 is 0 Å². The molecule has 0 saturated carbocycles. The van der Waals surface area contributed by atoms with Gasteiger partial charge in [0.15, 0.2) is 0 Å². The molecule has 0 atom stereocenters. The van der Waals surface area contributed by atoms with Crippen LogP contribution >= 0.6 is 0 Å². The van der Waals surface area contributed by atoms with Crippen LogP contribution < -0.4 is 11.1 Å². The number of aromatic hydroxyl groups is 1. The molecule has 6 nitrogen and oxygen atoms in total. The van der Waals surface area contributed by atoms with Crippen molar-refractivity contribution in [3.8, 4) is 5.75 Å². The number of aliphatic hydroxyl groups is 1. The molecule has 1 aliphatic heterocycles. The smallest absolute Gasteiger partial charge is 0.121 e. The fourth-order valence-corrected chi connectivity index (χ4v) is 2.67. The molecule has 2 aromatic rings. The molecule has 134 valence electrons. The van der Waals surface area contributed by atoms with Gasteiger partial charge in [-0.25, -0.2) is 0 Å². The maximum atomic E-state index is 9.45. The second-order valence-electron chi connectivity index (χ2n) is 5.92. The quantitative estimate of drug-likeness (QED) is 0.663. The normalized spacial score (nSPS) is 16.0. The van der Waals surface area contributed by atoms with Crippen LogP contribution in [-0.2, 0) is 13.2 Å². The van der Waals surface area contributed by atoms with E-state index in [1.54, 1.807) is 18.3 Å². The number of rotatable bonds is 5. The summed E-state index contributed by atoms with van der Waals surface area (Å²) in [4.78, 5) is 6.62. The number of benzene rings is 2. The summed E-state index contributed by atoms with van der Waals surface area (Å²) in [6.45, 7) is 1.16. The van der Waals surface area contributed by atoms with Gasteiger partial charge in [-0.3, -0.25) is 4.99 Å². The van der Waals surface area contributed by atoms with E-state index in [0.29, 0.717) is 13.1 Å². The van der Waals surface area contributed by atoms with Crippen LogP contribution in [0.5, 0.6) is 5.75 Å². The summed E-state index contributed by atoms with van der Waals surface area (Å²) in [7, 11) is 0. The molecule has 3 rings (SSSR count). The lowest BCUT2D eigenvalue weighted by atomic mass is 10.1. The molecule has 1 heterocycles. The molecule has 0 bridgehead atoms. The molecule has 0 unspecified atom stereocenters. The Morgan fingerprint density at radius 2 is 1.81 bits per heavy atom. The Morgan fingerprint density at radius 1 is 1.12 bits per heavy atom. The second-order valence-corrected chi connectivity index (χ2v) is 5.92.